The van der Waals surface area contributed by atoms with Crippen LogP contribution in [0.25, 0.3) is 11.3 Å². The number of carbonyl (C=O) groups excluding carboxylic acids is 1. The molecule has 12 heteroatoms. The number of hydrogen-bond acceptors (Lipinski definition) is 7. The second-order valence-electron chi connectivity index (χ2n) is 5.94. The molecule has 0 fully saturated rings. The second kappa shape index (κ2) is 9.37. The fourth-order valence-corrected chi connectivity index (χ4v) is 4.26. The number of halogens is 2. The van der Waals surface area contributed by atoms with Crippen molar-refractivity contribution in [3.8, 4) is 22.8 Å². The summed E-state index contributed by atoms with van der Waals surface area (Å²) in [6.07, 6.45) is 0. The summed E-state index contributed by atoms with van der Waals surface area (Å²) >= 11 is 1.08. The van der Waals surface area contributed by atoms with E-state index in [1.807, 2.05) is 0 Å². The van der Waals surface area contributed by atoms with Gasteiger partial charge in [0.05, 0.1) is 12.8 Å². The van der Waals surface area contributed by atoms with E-state index in [9.17, 15) is 22.0 Å². The highest BCUT2D eigenvalue weighted by Crippen LogP contribution is 2.33. The predicted molar refractivity (Wildman–Crippen MR) is 111 cm³/mol. The molecule has 8 nitrogen and oxygen atoms in total. The number of benzene rings is 2. The Kier molecular flexibility index (Phi) is 6.83. The molecular weight excluding hydrogens is 452 g/mol. The molecule has 3 aromatic rings. The van der Waals surface area contributed by atoms with Crippen molar-refractivity contribution in [1.29, 1.82) is 0 Å². The summed E-state index contributed by atoms with van der Waals surface area (Å²) in [5.74, 6) is -0.566. The first kappa shape index (κ1) is 22.6. The molecule has 1 heterocycles. The molecule has 3 rings (SSSR count). The van der Waals surface area contributed by atoms with Crippen LogP contribution in [0.4, 0.5) is 13.9 Å². The van der Waals surface area contributed by atoms with E-state index in [1.54, 1.807) is 23.6 Å². The number of carbonyl (C=O) groups is 1. The van der Waals surface area contributed by atoms with Gasteiger partial charge in [-0.2, -0.15) is 8.78 Å². The number of methoxy groups -OCH3 is 1. The molecule has 0 unspecified atom stereocenters. The number of ether oxygens (including phenoxy) is 2. The normalized spacial score (nSPS) is 11.4. The van der Waals surface area contributed by atoms with Crippen molar-refractivity contribution in [1.82, 2.24) is 9.71 Å². The topological polar surface area (TPSA) is 107 Å². The van der Waals surface area contributed by atoms with Crippen LogP contribution in [0.15, 0.2) is 52.7 Å². The first-order valence-corrected chi connectivity index (χ1v) is 11.0. The number of anilines is 1. The zero-order valence-electron chi connectivity index (χ0n) is 16.3. The van der Waals surface area contributed by atoms with Gasteiger partial charge in [0.2, 0.25) is 10.0 Å². The van der Waals surface area contributed by atoms with E-state index < -0.39 is 22.5 Å². The van der Waals surface area contributed by atoms with Gasteiger partial charge in [-0.1, -0.05) is 12.1 Å². The molecule has 0 radical (unpaired) electrons. The molecular formula is C19H17F2N3O5S2. The number of amides is 1. The fourth-order valence-electron chi connectivity index (χ4n) is 2.64. The van der Waals surface area contributed by atoms with Crippen molar-refractivity contribution in [2.75, 3.05) is 19.5 Å². The smallest absolute Gasteiger partial charge is 0.387 e. The highest BCUT2D eigenvalue weighted by molar-refractivity contribution is 7.89. The number of nitrogens with zero attached hydrogens (tertiary/aromatic N) is 1. The van der Waals surface area contributed by atoms with Gasteiger partial charge in [-0.25, -0.2) is 18.1 Å². The molecule has 0 saturated carbocycles. The van der Waals surface area contributed by atoms with Crippen LogP contribution in [0.1, 0.15) is 10.4 Å². The first-order valence-electron chi connectivity index (χ1n) is 8.68. The lowest BCUT2D eigenvalue weighted by Gasteiger charge is -2.10. The van der Waals surface area contributed by atoms with Gasteiger partial charge in [0.15, 0.2) is 5.13 Å². The number of nitrogens with one attached hydrogen (secondary N) is 2. The maximum atomic E-state index is 12.6. The number of sulfonamides is 1. The Balaban J connectivity index is 1.85. The number of aromatic nitrogens is 1. The van der Waals surface area contributed by atoms with E-state index in [0.29, 0.717) is 11.3 Å². The SMILES string of the molecule is CNS(=O)(=O)c1cc(C(=O)Nc2nc(-c3ccccc3OC(F)F)cs2)ccc1OC. The van der Waals surface area contributed by atoms with Crippen LogP contribution in [-0.2, 0) is 10.0 Å². The van der Waals surface area contributed by atoms with Gasteiger partial charge in [-0.05, 0) is 37.4 Å². The molecule has 0 atom stereocenters. The molecule has 0 aliphatic carbocycles. The highest BCUT2D eigenvalue weighted by atomic mass is 32.2. The van der Waals surface area contributed by atoms with E-state index in [2.05, 4.69) is 19.8 Å². The number of thiazole rings is 1. The third kappa shape index (κ3) is 5.16. The lowest BCUT2D eigenvalue weighted by atomic mass is 10.1. The fraction of sp³-hybridized carbons (Fsp3) is 0.158. The van der Waals surface area contributed by atoms with Crippen molar-refractivity contribution < 1.29 is 31.5 Å². The Labute approximate surface area is 180 Å². The Bertz CT molecular complexity index is 1200. The van der Waals surface area contributed by atoms with Crippen LogP contribution in [0.5, 0.6) is 11.5 Å². The van der Waals surface area contributed by atoms with E-state index in [0.717, 1.165) is 11.3 Å². The van der Waals surface area contributed by atoms with Gasteiger partial charge < -0.3 is 9.47 Å². The summed E-state index contributed by atoms with van der Waals surface area (Å²) in [4.78, 5) is 16.7. The van der Waals surface area contributed by atoms with Crippen molar-refractivity contribution >= 4 is 32.4 Å². The Hall–Kier alpha value is -3.09. The largest absolute Gasteiger partial charge is 0.495 e. The second-order valence-corrected chi connectivity index (χ2v) is 8.65. The third-order valence-corrected chi connectivity index (χ3v) is 6.28. The summed E-state index contributed by atoms with van der Waals surface area (Å²) in [5.41, 5.74) is 0.740. The van der Waals surface area contributed by atoms with Crippen molar-refractivity contribution in [2.24, 2.45) is 0 Å². The number of hydrogen-bond donors (Lipinski definition) is 2. The number of rotatable bonds is 8. The zero-order chi connectivity index (χ0) is 22.6. The molecule has 31 heavy (non-hydrogen) atoms. The van der Waals surface area contributed by atoms with Gasteiger partial charge in [-0.15, -0.1) is 11.3 Å². The molecule has 1 amide bonds. The average Bonchev–Trinajstić information content (AvgIpc) is 3.21. The Morgan fingerprint density at radius 2 is 1.90 bits per heavy atom. The molecule has 0 bridgehead atoms. The standard InChI is InChI=1S/C19H17F2N3O5S2/c1-22-31(26,27)16-9-11(7-8-15(16)28-2)17(25)24-19-23-13(10-30-19)12-5-3-4-6-14(12)29-18(20)21/h3-10,18,22H,1-2H3,(H,23,24,25). The third-order valence-electron chi connectivity index (χ3n) is 4.09. The molecule has 0 aliphatic heterocycles. The van der Waals surface area contributed by atoms with E-state index >= 15 is 0 Å². The lowest BCUT2D eigenvalue weighted by molar-refractivity contribution is -0.0494. The lowest BCUT2D eigenvalue weighted by Crippen LogP contribution is -2.20. The van der Waals surface area contributed by atoms with Gasteiger partial charge in [0.25, 0.3) is 5.91 Å². The minimum Gasteiger partial charge on any atom is -0.495 e. The quantitative estimate of drug-likeness (QED) is 0.522. The number of para-hydroxylation sites is 1. The van der Waals surface area contributed by atoms with Crippen LogP contribution in [0, 0.1) is 0 Å². The molecule has 0 spiro atoms. The van der Waals surface area contributed by atoms with Crippen LogP contribution in [0.2, 0.25) is 0 Å². The molecule has 2 N–H and O–H groups in total. The summed E-state index contributed by atoms with van der Waals surface area (Å²) < 4.78 is 61.3. The molecule has 164 valence electrons. The Morgan fingerprint density at radius 3 is 2.58 bits per heavy atom. The summed E-state index contributed by atoms with van der Waals surface area (Å²) in [5, 5.41) is 4.34. The maximum Gasteiger partial charge on any atom is 0.387 e. The predicted octanol–water partition coefficient (Wildman–Crippen LogP) is 3.58. The van der Waals surface area contributed by atoms with Crippen LogP contribution in [-0.4, -0.2) is 40.1 Å². The first-order chi connectivity index (χ1) is 14.7. The van der Waals surface area contributed by atoms with Crippen LogP contribution >= 0.6 is 11.3 Å². The maximum absolute atomic E-state index is 12.6. The van der Waals surface area contributed by atoms with Crippen LogP contribution in [0.3, 0.4) is 0 Å². The van der Waals surface area contributed by atoms with Crippen molar-refractivity contribution in [2.45, 2.75) is 11.5 Å². The minimum atomic E-state index is -3.86. The highest BCUT2D eigenvalue weighted by Gasteiger charge is 2.21. The molecule has 2 aromatic carbocycles. The van der Waals surface area contributed by atoms with Crippen molar-refractivity contribution in [3.05, 3.63) is 53.4 Å². The number of alkyl halides is 2. The minimum absolute atomic E-state index is 0.0438. The average molecular weight is 469 g/mol. The van der Waals surface area contributed by atoms with Gasteiger partial charge in [0.1, 0.15) is 16.4 Å². The van der Waals surface area contributed by atoms with E-state index in [4.69, 9.17) is 4.74 Å². The summed E-state index contributed by atoms with van der Waals surface area (Å²) in [6, 6.07) is 10.1. The van der Waals surface area contributed by atoms with E-state index in [-0.39, 0.29) is 27.1 Å². The Morgan fingerprint density at radius 1 is 1.16 bits per heavy atom. The molecule has 0 aliphatic rings. The molecule has 0 saturated heterocycles. The summed E-state index contributed by atoms with van der Waals surface area (Å²) in [7, 11) is -1.30. The van der Waals surface area contributed by atoms with Crippen molar-refractivity contribution in [3.63, 3.8) is 0 Å². The van der Waals surface area contributed by atoms with Gasteiger partial charge in [-0.3, -0.25) is 10.1 Å². The summed E-state index contributed by atoms with van der Waals surface area (Å²) in [6.45, 7) is -2.99. The molecule has 1 aromatic heterocycles. The van der Waals surface area contributed by atoms with Gasteiger partial charge >= 0.3 is 6.61 Å². The monoisotopic (exact) mass is 469 g/mol. The van der Waals surface area contributed by atoms with Gasteiger partial charge in [0, 0.05) is 16.5 Å². The van der Waals surface area contributed by atoms with Crippen LogP contribution < -0.4 is 19.5 Å². The van der Waals surface area contributed by atoms with E-state index in [1.165, 1.54) is 38.4 Å². The zero-order valence-corrected chi connectivity index (χ0v) is 17.9.